The summed E-state index contributed by atoms with van der Waals surface area (Å²) < 4.78 is 15.9. The highest BCUT2D eigenvalue weighted by Crippen LogP contribution is 2.34. The van der Waals surface area contributed by atoms with E-state index in [-0.39, 0.29) is 18.1 Å². The number of rotatable bonds is 8. The first-order valence-corrected chi connectivity index (χ1v) is 10.7. The summed E-state index contributed by atoms with van der Waals surface area (Å²) in [6.07, 6.45) is 0. The fourth-order valence-corrected chi connectivity index (χ4v) is 3.80. The molecule has 4 rings (SSSR count). The minimum Gasteiger partial charge on any atom is -0.497 e. The van der Waals surface area contributed by atoms with Crippen molar-refractivity contribution in [3.05, 3.63) is 89.1 Å². The van der Waals surface area contributed by atoms with Crippen molar-refractivity contribution in [2.24, 2.45) is 0 Å². The van der Waals surface area contributed by atoms with Gasteiger partial charge in [0.1, 0.15) is 11.4 Å². The third kappa shape index (κ3) is 4.45. The molecule has 0 atom stereocenters. The Balaban J connectivity index is 1.71. The number of hydrogen-bond acceptors (Lipinski definition) is 6. The van der Waals surface area contributed by atoms with Crippen LogP contribution >= 0.6 is 0 Å². The molecular formula is C27H26N2O5. The van der Waals surface area contributed by atoms with Gasteiger partial charge in [0.25, 0.3) is 11.8 Å². The molecule has 1 heterocycles. The number of imide groups is 1. The monoisotopic (exact) mass is 458 g/mol. The van der Waals surface area contributed by atoms with Gasteiger partial charge in [0.2, 0.25) is 0 Å². The van der Waals surface area contributed by atoms with Crippen molar-refractivity contribution < 1.29 is 23.8 Å². The minimum absolute atomic E-state index is 0.147. The zero-order valence-corrected chi connectivity index (χ0v) is 19.5. The lowest BCUT2D eigenvalue weighted by Gasteiger charge is -2.16. The Bertz CT molecular complexity index is 1250. The van der Waals surface area contributed by atoms with E-state index in [2.05, 4.69) is 5.32 Å². The van der Waals surface area contributed by atoms with E-state index in [9.17, 15) is 9.59 Å². The zero-order valence-electron chi connectivity index (χ0n) is 19.5. The van der Waals surface area contributed by atoms with E-state index < -0.39 is 5.91 Å². The molecular weight excluding hydrogens is 432 g/mol. The van der Waals surface area contributed by atoms with Gasteiger partial charge in [-0.25, -0.2) is 0 Å². The van der Waals surface area contributed by atoms with Crippen molar-refractivity contribution in [3.8, 4) is 17.2 Å². The molecule has 0 saturated heterocycles. The highest BCUT2D eigenvalue weighted by atomic mass is 16.5. The summed E-state index contributed by atoms with van der Waals surface area (Å²) in [7, 11) is 4.69. The molecule has 0 saturated carbocycles. The first kappa shape index (κ1) is 22.9. The summed E-state index contributed by atoms with van der Waals surface area (Å²) in [5.41, 5.74) is 3.69. The van der Waals surface area contributed by atoms with Crippen molar-refractivity contribution in [1.82, 2.24) is 4.90 Å². The molecule has 1 aliphatic heterocycles. The Hall–Kier alpha value is -4.26. The van der Waals surface area contributed by atoms with E-state index in [0.717, 1.165) is 11.1 Å². The first-order chi connectivity index (χ1) is 16.4. The van der Waals surface area contributed by atoms with Gasteiger partial charge in [-0.2, -0.15) is 0 Å². The predicted octanol–water partition coefficient (Wildman–Crippen LogP) is 4.41. The van der Waals surface area contributed by atoms with Crippen LogP contribution in [0.5, 0.6) is 17.2 Å². The molecule has 174 valence electrons. The number of benzene rings is 3. The van der Waals surface area contributed by atoms with Crippen LogP contribution in [0.15, 0.2) is 72.4 Å². The predicted molar refractivity (Wildman–Crippen MR) is 130 cm³/mol. The summed E-state index contributed by atoms with van der Waals surface area (Å²) in [5.74, 6) is 1.03. The molecule has 1 N–H and O–H groups in total. The van der Waals surface area contributed by atoms with Crippen LogP contribution in [0.3, 0.4) is 0 Å². The van der Waals surface area contributed by atoms with Crippen LogP contribution in [0.2, 0.25) is 0 Å². The molecule has 7 nitrogen and oxygen atoms in total. The Labute approximate surface area is 198 Å². The number of carbonyl (C=O) groups is 2. The molecule has 7 heteroatoms. The van der Waals surface area contributed by atoms with E-state index in [1.54, 1.807) is 51.7 Å². The number of hydrogen-bond donors (Lipinski definition) is 1. The average molecular weight is 459 g/mol. The van der Waals surface area contributed by atoms with Gasteiger partial charge in [0.15, 0.2) is 11.5 Å². The van der Waals surface area contributed by atoms with E-state index in [4.69, 9.17) is 14.2 Å². The maximum atomic E-state index is 13.5. The molecule has 1 aliphatic rings. The normalized spacial score (nSPS) is 13.4. The van der Waals surface area contributed by atoms with Gasteiger partial charge < -0.3 is 19.5 Å². The van der Waals surface area contributed by atoms with Gasteiger partial charge in [-0.3, -0.25) is 14.5 Å². The van der Waals surface area contributed by atoms with Crippen molar-refractivity contribution in [2.75, 3.05) is 26.6 Å². The third-order valence-corrected chi connectivity index (χ3v) is 5.66. The number of nitrogens with zero attached hydrogens (tertiary/aromatic N) is 1. The van der Waals surface area contributed by atoms with E-state index in [1.165, 1.54) is 4.90 Å². The fraction of sp³-hybridized carbons (Fsp3) is 0.185. The summed E-state index contributed by atoms with van der Waals surface area (Å²) in [6, 6.07) is 20.0. The van der Waals surface area contributed by atoms with Crippen molar-refractivity contribution >= 4 is 23.1 Å². The molecule has 2 amide bonds. The first-order valence-electron chi connectivity index (χ1n) is 10.7. The van der Waals surface area contributed by atoms with Crippen LogP contribution in [0, 0.1) is 6.92 Å². The lowest BCUT2D eigenvalue weighted by molar-refractivity contribution is -0.137. The molecule has 0 aromatic heterocycles. The van der Waals surface area contributed by atoms with Gasteiger partial charge in [0.05, 0.1) is 33.4 Å². The maximum absolute atomic E-state index is 13.5. The van der Waals surface area contributed by atoms with Gasteiger partial charge >= 0.3 is 0 Å². The molecule has 0 unspecified atom stereocenters. The highest BCUT2D eigenvalue weighted by Gasteiger charge is 2.39. The van der Waals surface area contributed by atoms with Gasteiger partial charge in [-0.05, 0) is 42.3 Å². The molecule has 0 radical (unpaired) electrons. The molecule has 0 bridgehead atoms. The lowest BCUT2D eigenvalue weighted by Crippen LogP contribution is -2.32. The lowest BCUT2D eigenvalue weighted by atomic mass is 10.0. The summed E-state index contributed by atoms with van der Waals surface area (Å²) in [6.45, 7) is 2.12. The van der Waals surface area contributed by atoms with Crippen LogP contribution in [0.1, 0.15) is 16.7 Å². The van der Waals surface area contributed by atoms with Crippen LogP contribution in [-0.2, 0) is 16.1 Å². The second kappa shape index (κ2) is 9.70. The van der Waals surface area contributed by atoms with Crippen LogP contribution < -0.4 is 19.5 Å². The van der Waals surface area contributed by atoms with Crippen LogP contribution in [0.25, 0.3) is 5.57 Å². The average Bonchev–Trinajstić information content (AvgIpc) is 3.09. The summed E-state index contributed by atoms with van der Waals surface area (Å²) in [5, 5.41) is 3.16. The van der Waals surface area contributed by atoms with Crippen molar-refractivity contribution in [3.63, 3.8) is 0 Å². The molecule has 0 spiro atoms. The number of carbonyl (C=O) groups excluding carboxylic acids is 2. The molecule has 0 aliphatic carbocycles. The number of anilines is 1. The Morgan fingerprint density at radius 3 is 2.06 bits per heavy atom. The van der Waals surface area contributed by atoms with E-state index in [0.29, 0.717) is 34.1 Å². The topological polar surface area (TPSA) is 77.1 Å². The SMILES string of the molecule is COc1ccc(CN2C(=O)C(Nc3ccc(OC)c(OC)c3)=C(c3ccc(C)cc3)C2=O)cc1. The molecule has 0 fully saturated rings. The molecule has 34 heavy (non-hydrogen) atoms. The van der Waals surface area contributed by atoms with Crippen LogP contribution in [-0.4, -0.2) is 38.0 Å². The number of ether oxygens (including phenoxy) is 3. The van der Waals surface area contributed by atoms with Gasteiger partial charge in [0, 0.05) is 11.8 Å². The number of aryl methyl sites for hydroxylation is 1. The maximum Gasteiger partial charge on any atom is 0.278 e. The zero-order chi connectivity index (χ0) is 24.2. The quantitative estimate of drug-likeness (QED) is 0.504. The van der Waals surface area contributed by atoms with Gasteiger partial charge in [-0.1, -0.05) is 42.0 Å². The third-order valence-electron chi connectivity index (χ3n) is 5.66. The van der Waals surface area contributed by atoms with E-state index in [1.807, 2.05) is 43.3 Å². The molecule has 3 aromatic rings. The number of methoxy groups -OCH3 is 3. The summed E-state index contributed by atoms with van der Waals surface area (Å²) in [4.78, 5) is 28.2. The highest BCUT2D eigenvalue weighted by molar-refractivity contribution is 6.36. The van der Waals surface area contributed by atoms with E-state index >= 15 is 0 Å². The second-order valence-electron chi connectivity index (χ2n) is 7.86. The Morgan fingerprint density at radius 1 is 0.765 bits per heavy atom. The minimum atomic E-state index is -0.397. The van der Waals surface area contributed by atoms with Crippen molar-refractivity contribution in [2.45, 2.75) is 13.5 Å². The Kier molecular flexibility index (Phi) is 6.54. The fourth-order valence-electron chi connectivity index (χ4n) is 3.80. The summed E-state index contributed by atoms with van der Waals surface area (Å²) >= 11 is 0. The number of nitrogens with one attached hydrogen (secondary N) is 1. The largest absolute Gasteiger partial charge is 0.497 e. The smallest absolute Gasteiger partial charge is 0.278 e. The standard InChI is InChI=1S/C27H26N2O5/c1-17-5-9-19(10-6-17)24-25(28-20-11-14-22(33-3)23(15-20)34-4)27(31)29(26(24)30)16-18-7-12-21(32-2)13-8-18/h5-15,28H,16H2,1-4H3. The van der Waals surface area contributed by atoms with Crippen LogP contribution in [0.4, 0.5) is 5.69 Å². The Morgan fingerprint density at radius 2 is 1.44 bits per heavy atom. The second-order valence-corrected chi connectivity index (χ2v) is 7.86. The molecule has 3 aromatic carbocycles. The van der Waals surface area contributed by atoms with Crippen molar-refractivity contribution in [1.29, 1.82) is 0 Å². The van der Waals surface area contributed by atoms with Gasteiger partial charge in [-0.15, -0.1) is 0 Å². The number of amides is 2.